The Labute approximate surface area is 572 Å². The Morgan fingerprint density at radius 3 is 0.653 bits per heavy atom. The summed E-state index contributed by atoms with van der Waals surface area (Å²) in [5, 5.41) is 26.7. The number of nitrogens with one attached hydrogen (secondary N) is 9. The van der Waals surface area contributed by atoms with E-state index in [4.69, 9.17) is 5.73 Å². The molecule has 0 aromatic heterocycles. The van der Waals surface area contributed by atoms with Crippen LogP contribution in [0.15, 0.2) is 0 Å². The molecule has 0 aliphatic heterocycles. The molecule has 0 heterocycles. The molecule has 0 radical (unpaired) electrons. The minimum Gasteiger partial charge on any atom is -0.368 e. The second kappa shape index (κ2) is 64.5. The summed E-state index contributed by atoms with van der Waals surface area (Å²) in [5.74, 6) is -1.83. The van der Waals surface area contributed by atoms with Crippen LogP contribution in [0.2, 0.25) is 0 Å². The van der Waals surface area contributed by atoms with Gasteiger partial charge in [-0.2, -0.15) is 0 Å². The zero-order valence-corrected chi connectivity index (χ0v) is 59.8. The van der Waals surface area contributed by atoms with E-state index in [1.807, 2.05) is 0 Å². The highest BCUT2D eigenvalue weighted by Gasteiger charge is 2.25. The van der Waals surface area contributed by atoms with Gasteiger partial charge in [-0.1, -0.05) is 110 Å². The summed E-state index contributed by atoms with van der Waals surface area (Å²) in [5.41, 5.74) is 24.9. The first-order valence-electron chi connectivity index (χ1n) is 37.9. The Balaban J connectivity index is 4.56. The number of carbonyl (C=O) groups is 10. The molecule has 0 saturated carbocycles. The Hall–Kier alpha value is -5.50. The first kappa shape index (κ1) is 89.5. The van der Waals surface area contributed by atoms with Crippen LogP contribution in [0.25, 0.3) is 0 Å². The number of rotatable bonds is 68. The number of unbranched alkanes of at least 4 members (excludes halogenated alkanes) is 25. The second-order valence-electron chi connectivity index (χ2n) is 26.1. The van der Waals surface area contributed by atoms with Gasteiger partial charge in [-0.15, -0.1) is 0 Å². The van der Waals surface area contributed by atoms with Crippen molar-refractivity contribution in [2.45, 2.75) is 326 Å². The van der Waals surface area contributed by atoms with Crippen molar-refractivity contribution in [1.82, 2.24) is 47.9 Å². The van der Waals surface area contributed by atoms with Crippen LogP contribution in [0, 0.1) is 0 Å². The van der Waals surface area contributed by atoms with E-state index in [1.54, 1.807) is 0 Å². The van der Waals surface area contributed by atoms with Crippen molar-refractivity contribution in [2.75, 3.05) is 58.9 Å². The van der Waals surface area contributed by atoms with Crippen molar-refractivity contribution in [3.05, 3.63) is 0 Å². The number of primary amides is 1. The molecule has 25 heteroatoms. The summed E-state index contributed by atoms with van der Waals surface area (Å²) in [6.07, 6.45) is 34.7. The van der Waals surface area contributed by atoms with E-state index in [1.165, 1.54) is 6.42 Å². The molecule has 10 amide bonds. The molecule has 5 unspecified atom stereocenters. The lowest BCUT2D eigenvalue weighted by Gasteiger charge is -2.19. The van der Waals surface area contributed by atoms with Gasteiger partial charge >= 0.3 is 0 Å². The maximum absolute atomic E-state index is 13.3. The molecule has 26 N–H and O–H groups in total. The van der Waals surface area contributed by atoms with E-state index < -0.39 is 36.1 Å². The van der Waals surface area contributed by atoms with Crippen LogP contribution in [-0.2, 0) is 47.9 Å². The molecule has 0 rings (SSSR count). The molecule has 0 fully saturated rings. The number of carbonyl (C=O) groups excluding carboxylic acids is 10. The molecule has 0 aromatic rings. The van der Waals surface area contributed by atoms with Crippen LogP contribution in [0.3, 0.4) is 0 Å². The van der Waals surface area contributed by atoms with Crippen LogP contribution >= 0.6 is 0 Å². The standard InChI is InChI=1S/C70H137N15O10/c1-2-3-4-9-18-43-62(87)82-57(38-24-29-48-72)67(92)77-53-34-15-6-11-20-45-64(89)84-59(40-26-31-50-74)69(94)79-55-36-17-8-13-22-46-65(90)85-60(41-27-32-51-75)70(95)80-54-35-16-7-12-21-44-63(88)83-58(39-25-30-49-73)68(93)78-52-33-14-5-10-19-42-61(86)81-56(66(76)91)37-23-28-47-71/h56-60H,2-55,71-75H2,1H3,(H2,76,91)(H,77,92)(H,78,93)(H,79,94)(H,80,95)(H,81,86)(H,82,87)(H,83,88)(H,84,89)(H,85,90)/p+5. The van der Waals surface area contributed by atoms with Gasteiger partial charge in [0.05, 0.1) is 32.7 Å². The fraction of sp³-hybridized carbons (Fsp3) is 0.857. The second-order valence-corrected chi connectivity index (χ2v) is 26.1. The number of hydrogen-bond acceptors (Lipinski definition) is 10. The molecule has 0 spiro atoms. The average Bonchev–Trinajstić information content (AvgIpc) is 2.26. The summed E-state index contributed by atoms with van der Waals surface area (Å²) in [6.45, 7) is 8.03. The zero-order chi connectivity index (χ0) is 70.2. The quantitative estimate of drug-likeness (QED) is 0.0394. The molecule has 95 heavy (non-hydrogen) atoms. The normalized spacial score (nSPS) is 12.7. The highest BCUT2D eigenvalue weighted by atomic mass is 16.2. The first-order chi connectivity index (χ1) is 46.1. The summed E-state index contributed by atoms with van der Waals surface area (Å²) < 4.78 is 0. The predicted molar refractivity (Wildman–Crippen MR) is 373 cm³/mol. The van der Waals surface area contributed by atoms with Gasteiger partial charge in [-0.3, -0.25) is 47.9 Å². The highest BCUT2D eigenvalue weighted by molar-refractivity contribution is 5.90. The van der Waals surface area contributed by atoms with Crippen LogP contribution in [0.1, 0.15) is 296 Å². The van der Waals surface area contributed by atoms with Crippen LogP contribution < -0.4 is 82.3 Å². The first-order valence-corrected chi connectivity index (χ1v) is 37.9. The molecular formula is C70H142N15O10+5. The van der Waals surface area contributed by atoms with E-state index >= 15 is 0 Å². The fourth-order valence-corrected chi connectivity index (χ4v) is 11.3. The van der Waals surface area contributed by atoms with Crippen molar-refractivity contribution >= 4 is 59.1 Å². The van der Waals surface area contributed by atoms with Crippen LogP contribution in [0.4, 0.5) is 0 Å². The maximum Gasteiger partial charge on any atom is 0.242 e. The van der Waals surface area contributed by atoms with Crippen molar-refractivity contribution in [2.24, 2.45) is 5.73 Å². The Morgan fingerprint density at radius 1 is 0.253 bits per heavy atom. The van der Waals surface area contributed by atoms with E-state index in [2.05, 4.69) is 83.4 Å². The highest BCUT2D eigenvalue weighted by Crippen LogP contribution is 2.13. The summed E-state index contributed by atoms with van der Waals surface area (Å²) >= 11 is 0. The van der Waals surface area contributed by atoms with Gasteiger partial charge < -0.3 is 82.3 Å². The van der Waals surface area contributed by atoms with Gasteiger partial charge in [0.1, 0.15) is 30.2 Å². The van der Waals surface area contributed by atoms with Crippen LogP contribution in [0.5, 0.6) is 0 Å². The van der Waals surface area contributed by atoms with Gasteiger partial charge in [-0.05, 0) is 154 Å². The summed E-state index contributed by atoms with van der Waals surface area (Å²) in [7, 11) is 0. The van der Waals surface area contributed by atoms with Crippen molar-refractivity contribution in [3.63, 3.8) is 0 Å². The topological polar surface area (TPSA) is 443 Å². The molecule has 0 bridgehead atoms. The average molecular weight is 1350 g/mol. The number of hydrogen-bond donors (Lipinski definition) is 15. The molecule has 0 saturated heterocycles. The van der Waals surface area contributed by atoms with Crippen molar-refractivity contribution < 1.29 is 76.6 Å². The molecule has 5 atom stereocenters. The molecule has 552 valence electrons. The van der Waals surface area contributed by atoms with E-state index in [0.717, 1.165) is 225 Å². The van der Waals surface area contributed by atoms with E-state index in [0.29, 0.717) is 116 Å². The summed E-state index contributed by atoms with van der Waals surface area (Å²) in [6, 6.07) is -2.98. The fourth-order valence-electron chi connectivity index (χ4n) is 11.3. The summed E-state index contributed by atoms with van der Waals surface area (Å²) in [4.78, 5) is 128. The Bertz CT molecular complexity index is 2030. The lowest BCUT2D eigenvalue weighted by Crippen LogP contribution is -2.50. The number of quaternary nitrogens is 5. The Kier molecular flexibility index (Phi) is 60.8. The third-order valence-corrected chi connectivity index (χ3v) is 17.3. The van der Waals surface area contributed by atoms with Crippen molar-refractivity contribution in [3.8, 4) is 0 Å². The lowest BCUT2D eigenvalue weighted by molar-refractivity contribution is -0.368. The van der Waals surface area contributed by atoms with Gasteiger partial charge in [0.15, 0.2) is 0 Å². The minimum atomic E-state index is -0.644. The van der Waals surface area contributed by atoms with E-state index in [-0.39, 0.29) is 53.2 Å². The maximum atomic E-state index is 13.3. The molecular weight excluding hydrogens is 1210 g/mol. The monoisotopic (exact) mass is 1350 g/mol. The third kappa shape index (κ3) is 54.2. The van der Waals surface area contributed by atoms with Crippen LogP contribution in [-0.4, -0.2) is 148 Å². The predicted octanol–water partition coefficient (Wildman–Crippen LogP) is 2.14. The SMILES string of the molecule is CCCCCCCC(=O)NC(CCCC[NH3+])C(=O)NCCCCCCCC(=O)NC(CCCC[NH3+])C(=O)NCCCCCCCC(=O)NC(CCCC[NH3+])C(=O)NCCCCCCCC(=O)NC(CCCC[NH3+])C(=O)NCCCCCCCC(=O)NC(CCCC[NH3+])C(N)=O. The third-order valence-electron chi connectivity index (χ3n) is 17.3. The zero-order valence-electron chi connectivity index (χ0n) is 59.8. The lowest BCUT2D eigenvalue weighted by atomic mass is 10.1. The molecule has 0 aliphatic carbocycles. The van der Waals surface area contributed by atoms with Gasteiger partial charge in [0.2, 0.25) is 59.1 Å². The molecule has 25 nitrogen and oxygen atoms in total. The van der Waals surface area contributed by atoms with Crippen molar-refractivity contribution in [1.29, 1.82) is 0 Å². The largest absolute Gasteiger partial charge is 0.368 e. The number of amides is 10. The van der Waals surface area contributed by atoms with E-state index in [9.17, 15) is 47.9 Å². The minimum absolute atomic E-state index is 0.0612. The van der Waals surface area contributed by atoms with Gasteiger partial charge in [0, 0.05) is 58.3 Å². The van der Waals surface area contributed by atoms with Gasteiger partial charge in [0.25, 0.3) is 0 Å². The Morgan fingerprint density at radius 2 is 0.442 bits per heavy atom. The number of nitrogens with two attached hydrogens (primary N) is 1. The molecule has 0 aliphatic rings. The molecule has 0 aromatic carbocycles. The van der Waals surface area contributed by atoms with Gasteiger partial charge in [-0.25, -0.2) is 0 Å². The smallest absolute Gasteiger partial charge is 0.242 e.